The van der Waals surface area contributed by atoms with E-state index in [0.29, 0.717) is 11.3 Å². The van der Waals surface area contributed by atoms with Gasteiger partial charge in [0.1, 0.15) is 17.8 Å². The molecule has 2 rings (SSSR count). The van der Waals surface area contributed by atoms with E-state index in [1.165, 1.54) is 37.3 Å². The van der Waals surface area contributed by atoms with Gasteiger partial charge in [0, 0.05) is 11.3 Å². The van der Waals surface area contributed by atoms with Crippen molar-refractivity contribution in [1.82, 2.24) is 5.32 Å². The molecule has 5 nitrogen and oxygen atoms in total. The summed E-state index contributed by atoms with van der Waals surface area (Å²) in [5.74, 6) is -0.594. The number of nitrogens with one attached hydrogen (secondary N) is 1. The van der Waals surface area contributed by atoms with Gasteiger partial charge in [-0.25, -0.2) is 0 Å². The molecule has 1 amide bonds. The van der Waals surface area contributed by atoms with Crippen LogP contribution in [0, 0.1) is 0 Å². The predicted molar refractivity (Wildman–Crippen MR) is 114 cm³/mol. The Morgan fingerprint density at radius 3 is 2.35 bits per heavy atom. The molecule has 1 aromatic carbocycles. The topological polar surface area (TPSA) is 68.5 Å². The molecule has 2 aromatic rings. The lowest BCUT2D eigenvalue weighted by molar-refractivity contribution is -0.274. The Hall–Kier alpha value is -3.55. The Labute approximate surface area is 179 Å². The summed E-state index contributed by atoms with van der Waals surface area (Å²) in [4.78, 5) is 21.0. The molecule has 0 aliphatic rings. The fourth-order valence-corrected chi connectivity index (χ4v) is 2.04. The van der Waals surface area contributed by atoms with Gasteiger partial charge in [-0.1, -0.05) is 50.8 Å². The number of carbonyl (C=O) groups is 2. The van der Waals surface area contributed by atoms with E-state index in [-0.39, 0.29) is 17.3 Å². The number of halogens is 3. The third-order valence-electron chi connectivity index (χ3n) is 3.16. The number of benzene rings is 1. The van der Waals surface area contributed by atoms with Crippen molar-refractivity contribution >= 4 is 12.2 Å². The number of ether oxygens (including phenoxy) is 1. The minimum absolute atomic E-state index is 0.0218. The van der Waals surface area contributed by atoms with Crippen molar-refractivity contribution in [1.29, 1.82) is 0 Å². The lowest BCUT2D eigenvalue weighted by Gasteiger charge is -2.09. The average Bonchev–Trinajstić information content (AvgIpc) is 3.22. The molecule has 0 saturated carbocycles. The van der Waals surface area contributed by atoms with Gasteiger partial charge in [-0.15, -0.1) is 13.2 Å². The van der Waals surface area contributed by atoms with Crippen molar-refractivity contribution in [2.24, 2.45) is 0 Å². The van der Waals surface area contributed by atoms with Crippen LogP contribution in [-0.2, 0) is 4.79 Å². The van der Waals surface area contributed by atoms with Gasteiger partial charge in [-0.3, -0.25) is 4.79 Å². The molecule has 31 heavy (non-hydrogen) atoms. The minimum atomic E-state index is -4.78. The Balaban J connectivity index is 0.00000165. The number of hydrogen-bond donors (Lipinski definition) is 1. The van der Waals surface area contributed by atoms with Crippen molar-refractivity contribution in [3.8, 4) is 17.1 Å². The highest BCUT2D eigenvalue weighted by atomic mass is 19.4. The summed E-state index contributed by atoms with van der Waals surface area (Å²) in [6.07, 6.45) is 2.55. The Morgan fingerprint density at radius 2 is 1.81 bits per heavy atom. The summed E-state index contributed by atoms with van der Waals surface area (Å²) in [5.41, 5.74) is 0.900. The summed E-state index contributed by atoms with van der Waals surface area (Å²) in [5, 5.41) is 2.65. The number of alkyl halides is 3. The summed E-state index contributed by atoms with van der Waals surface area (Å²) in [6.45, 7) is 10.7. The van der Waals surface area contributed by atoms with Crippen LogP contribution in [-0.4, -0.2) is 18.6 Å². The van der Waals surface area contributed by atoms with E-state index in [1.54, 1.807) is 37.3 Å². The van der Waals surface area contributed by atoms with Gasteiger partial charge in [-0.05, 0) is 44.2 Å². The summed E-state index contributed by atoms with van der Waals surface area (Å²) in [6, 6.07) is 8.24. The molecule has 0 fully saturated rings. The second-order valence-electron chi connectivity index (χ2n) is 5.27. The molecule has 0 saturated heterocycles. The third kappa shape index (κ3) is 10.7. The number of carbonyl (C=O) groups excluding carboxylic acids is 2. The van der Waals surface area contributed by atoms with E-state index >= 15 is 0 Å². The van der Waals surface area contributed by atoms with E-state index in [4.69, 9.17) is 9.21 Å². The van der Waals surface area contributed by atoms with E-state index in [9.17, 15) is 18.0 Å². The van der Waals surface area contributed by atoms with Crippen molar-refractivity contribution in [3.05, 3.63) is 78.7 Å². The van der Waals surface area contributed by atoms with Gasteiger partial charge < -0.3 is 19.3 Å². The predicted octanol–water partition coefficient (Wildman–Crippen LogP) is 6.45. The first-order valence-corrected chi connectivity index (χ1v) is 9.36. The summed E-state index contributed by atoms with van der Waals surface area (Å²) >= 11 is 0. The number of furan rings is 1. The van der Waals surface area contributed by atoms with Gasteiger partial charge in [0.05, 0.1) is 0 Å². The summed E-state index contributed by atoms with van der Waals surface area (Å²) in [7, 11) is 0. The van der Waals surface area contributed by atoms with Crippen molar-refractivity contribution in [3.63, 3.8) is 0 Å². The Bertz CT molecular complexity index is 896. The second kappa shape index (κ2) is 14.4. The maximum atomic E-state index is 12.3. The SMILES string of the molecule is C=C/C=C\C(=C/C)NC(=O)c1ccc(-c2cccc(OC(F)(F)F)c2)o1.CC.CC=O. The Morgan fingerprint density at radius 1 is 1.16 bits per heavy atom. The first kappa shape index (κ1) is 27.4. The lowest BCUT2D eigenvalue weighted by Crippen LogP contribution is -2.21. The van der Waals surface area contributed by atoms with Crippen LogP contribution in [0.15, 0.2) is 77.4 Å². The molecular weight excluding hydrogens is 411 g/mol. The van der Waals surface area contributed by atoms with E-state index in [0.717, 1.165) is 6.29 Å². The molecule has 8 heteroatoms. The standard InChI is InChI=1S/C19H16F3NO3.C2H4O.C2H6/c1-3-5-8-14(4-2)23-18(24)17-11-10-16(25-17)13-7-6-9-15(12-13)26-19(20,21)22;1-2-3;1-2/h3-12H,1H2,2H3,(H,23,24);2H,1H3;1-2H3/b8-5-,14-4+;;. The van der Waals surface area contributed by atoms with Crippen LogP contribution in [0.25, 0.3) is 11.3 Å². The van der Waals surface area contributed by atoms with Crippen molar-refractivity contribution in [2.45, 2.75) is 34.1 Å². The first-order chi connectivity index (χ1) is 14.7. The van der Waals surface area contributed by atoms with E-state index in [2.05, 4.69) is 16.6 Å². The zero-order valence-electron chi connectivity index (χ0n) is 17.8. The molecule has 0 spiro atoms. The molecule has 0 bridgehead atoms. The number of allylic oxidation sites excluding steroid dienone is 4. The normalized spacial score (nSPS) is 10.9. The molecule has 0 radical (unpaired) electrons. The highest BCUT2D eigenvalue weighted by molar-refractivity contribution is 5.93. The molecule has 0 aliphatic carbocycles. The first-order valence-electron chi connectivity index (χ1n) is 9.36. The third-order valence-corrected chi connectivity index (χ3v) is 3.16. The lowest BCUT2D eigenvalue weighted by atomic mass is 10.1. The highest BCUT2D eigenvalue weighted by Crippen LogP contribution is 2.29. The van der Waals surface area contributed by atoms with Gasteiger partial charge in [0.15, 0.2) is 5.76 Å². The fourth-order valence-electron chi connectivity index (χ4n) is 2.04. The molecule has 168 valence electrons. The zero-order valence-corrected chi connectivity index (χ0v) is 17.8. The maximum absolute atomic E-state index is 12.3. The van der Waals surface area contributed by atoms with Gasteiger partial charge in [0.25, 0.3) is 5.91 Å². The average molecular weight is 437 g/mol. The smallest absolute Gasteiger partial charge is 0.451 e. The van der Waals surface area contributed by atoms with Crippen LogP contribution in [0.4, 0.5) is 13.2 Å². The van der Waals surface area contributed by atoms with Crippen LogP contribution < -0.4 is 10.1 Å². The molecule has 1 aromatic heterocycles. The minimum Gasteiger partial charge on any atom is -0.451 e. The molecule has 0 aliphatic heterocycles. The molecule has 1 N–H and O–H groups in total. The maximum Gasteiger partial charge on any atom is 0.573 e. The Kier molecular flexibility index (Phi) is 12.8. The molecule has 1 heterocycles. The number of amides is 1. The van der Waals surface area contributed by atoms with Crippen LogP contribution >= 0.6 is 0 Å². The van der Waals surface area contributed by atoms with E-state index in [1.807, 2.05) is 13.8 Å². The monoisotopic (exact) mass is 437 g/mol. The van der Waals surface area contributed by atoms with E-state index < -0.39 is 12.3 Å². The molecule has 0 unspecified atom stereocenters. The molecule has 0 atom stereocenters. The molecular formula is C23H26F3NO4. The van der Waals surface area contributed by atoms with Crippen molar-refractivity contribution in [2.75, 3.05) is 0 Å². The largest absolute Gasteiger partial charge is 0.573 e. The second-order valence-corrected chi connectivity index (χ2v) is 5.27. The van der Waals surface area contributed by atoms with Crippen LogP contribution in [0.5, 0.6) is 5.75 Å². The van der Waals surface area contributed by atoms with Crippen molar-refractivity contribution < 1.29 is 31.9 Å². The van der Waals surface area contributed by atoms with Gasteiger partial charge >= 0.3 is 6.36 Å². The quantitative estimate of drug-likeness (QED) is 0.416. The number of hydrogen-bond acceptors (Lipinski definition) is 4. The van der Waals surface area contributed by atoms with Gasteiger partial charge in [-0.2, -0.15) is 0 Å². The summed E-state index contributed by atoms with van der Waals surface area (Å²) < 4.78 is 46.3. The van der Waals surface area contributed by atoms with Crippen LogP contribution in [0.2, 0.25) is 0 Å². The number of aldehydes is 1. The van der Waals surface area contributed by atoms with Crippen LogP contribution in [0.3, 0.4) is 0 Å². The van der Waals surface area contributed by atoms with Gasteiger partial charge in [0.2, 0.25) is 0 Å². The zero-order chi connectivity index (χ0) is 23.9. The number of rotatable bonds is 6. The fraction of sp³-hybridized carbons (Fsp3) is 0.217. The highest BCUT2D eigenvalue weighted by Gasteiger charge is 2.31. The van der Waals surface area contributed by atoms with Crippen LogP contribution in [0.1, 0.15) is 38.2 Å².